The summed E-state index contributed by atoms with van der Waals surface area (Å²) < 4.78 is 0. The topological polar surface area (TPSA) is 122 Å². The smallest absolute Gasteiger partial charge is 0.328 e. The molecule has 1 aromatic carbocycles. The molecule has 27 heavy (non-hydrogen) atoms. The predicted molar refractivity (Wildman–Crippen MR) is 95.0 cm³/mol. The number of nitrogens with zero attached hydrogens (tertiary/aromatic N) is 2. The summed E-state index contributed by atoms with van der Waals surface area (Å²) in [5.41, 5.74) is -0.197. The van der Waals surface area contributed by atoms with Crippen LogP contribution in [0.25, 0.3) is 0 Å². The highest BCUT2D eigenvalue weighted by atomic mass is 16.6. The number of benzene rings is 1. The molecule has 2 N–H and O–H groups in total. The molecule has 2 saturated heterocycles. The van der Waals surface area contributed by atoms with Gasteiger partial charge in [-0.2, -0.15) is 0 Å². The van der Waals surface area contributed by atoms with Gasteiger partial charge in [-0.1, -0.05) is 13.8 Å². The van der Waals surface area contributed by atoms with Gasteiger partial charge in [-0.15, -0.1) is 0 Å². The number of nitro benzene ring substituents is 1. The minimum absolute atomic E-state index is 0.0227. The molecular formula is C18H20N4O5. The quantitative estimate of drug-likeness (QED) is 0.436. The van der Waals surface area contributed by atoms with E-state index in [0.717, 1.165) is 12.1 Å². The van der Waals surface area contributed by atoms with Crippen LogP contribution < -0.4 is 15.5 Å². The second-order valence-electron chi connectivity index (χ2n) is 7.87. The second kappa shape index (κ2) is 5.77. The number of nitro groups is 1. The van der Waals surface area contributed by atoms with Crippen molar-refractivity contribution < 1.29 is 19.3 Å². The highest BCUT2D eigenvalue weighted by Gasteiger charge is 2.62. The number of piperidine rings is 1. The first-order valence-electron chi connectivity index (χ1n) is 8.95. The van der Waals surface area contributed by atoms with Crippen molar-refractivity contribution in [3.63, 3.8) is 0 Å². The molecule has 4 rings (SSSR count). The number of fused-ring (bicyclic) bond motifs is 4. The van der Waals surface area contributed by atoms with Crippen LogP contribution in [0, 0.1) is 27.4 Å². The van der Waals surface area contributed by atoms with Crippen molar-refractivity contribution in [2.24, 2.45) is 17.3 Å². The summed E-state index contributed by atoms with van der Waals surface area (Å²) in [6.07, 6.45) is 0.870. The van der Waals surface area contributed by atoms with Crippen LogP contribution >= 0.6 is 0 Å². The van der Waals surface area contributed by atoms with E-state index in [1.54, 1.807) is 6.07 Å². The highest BCUT2D eigenvalue weighted by Crippen LogP contribution is 2.49. The standard InChI is InChI=1S/C18H20N4O5/c1-9-5-10(2)14-18(15(23)19-17(25)20-16(18)24)7-11-6-12(22(26)27)3-4-13(11)21(14)8-9/h3-4,6,9-10,14H,5,7-8H2,1-2H3,(H2,19,20,23,24,25)/t9-,10+,14+/m1/s1. The number of amides is 4. The summed E-state index contributed by atoms with van der Waals surface area (Å²) in [5, 5.41) is 15.7. The second-order valence-corrected chi connectivity index (χ2v) is 7.87. The normalized spacial score (nSPS) is 28.9. The van der Waals surface area contributed by atoms with E-state index in [9.17, 15) is 24.5 Å². The molecule has 0 radical (unpaired) electrons. The SMILES string of the molecule is C[C@@H]1C[C@H](C)[C@@H]2N(C1)c1ccc([N+](=O)[O-])cc1CC21C(=O)NC(=O)NC1=O. The number of rotatable bonds is 1. The Hall–Kier alpha value is -2.97. The molecule has 3 heterocycles. The molecule has 9 heteroatoms. The Labute approximate surface area is 155 Å². The maximum Gasteiger partial charge on any atom is 0.328 e. The van der Waals surface area contributed by atoms with E-state index < -0.39 is 34.2 Å². The van der Waals surface area contributed by atoms with Crippen LogP contribution in [0.5, 0.6) is 0 Å². The van der Waals surface area contributed by atoms with E-state index >= 15 is 0 Å². The number of carbonyl (C=O) groups excluding carboxylic acids is 3. The van der Waals surface area contributed by atoms with E-state index in [1.165, 1.54) is 12.1 Å². The van der Waals surface area contributed by atoms with Crippen LogP contribution in [0.4, 0.5) is 16.2 Å². The minimum Gasteiger partial charge on any atom is -0.366 e. The summed E-state index contributed by atoms with van der Waals surface area (Å²) in [7, 11) is 0. The largest absolute Gasteiger partial charge is 0.366 e. The van der Waals surface area contributed by atoms with E-state index in [0.29, 0.717) is 18.0 Å². The number of urea groups is 1. The van der Waals surface area contributed by atoms with E-state index in [2.05, 4.69) is 17.6 Å². The van der Waals surface area contributed by atoms with Gasteiger partial charge in [-0.3, -0.25) is 30.3 Å². The molecule has 1 spiro atoms. The van der Waals surface area contributed by atoms with Crippen molar-refractivity contribution >= 4 is 29.2 Å². The number of carbonyl (C=O) groups is 3. The van der Waals surface area contributed by atoms with Gasteiger partial charge in [0.25, 0.3) is 5.69 Å². The lowest BCUT2D eigenvalue weighted by Gasteiger charge is -2.55. The highest BCUT2D eigenvalue weighted by molar-refractivity contribution is 6.20. The molecule has 0 bridgehead atoms. The summed E-state index contributed by atoms with van der Waals surface area (Å²) in [6.45, 7) is 4.74. The molecule has 1 aromatic rings. The first kappa shape index (κ1) is 17.4. The molecule has 3 atom stereocenters. The first-order chi connectivity index (χ1) is 12.7. The van der Waals surface area contributed by atoms with Crippen molar-refractivity contribution in [3.05, 3.63) is 33.9 Å². The molecule has 3 aliphatic rings. The molecule has 2 fully saturated rings. The van der Waals surface area contributed by atoms with Crippen LogP contribution in [0.3, 0.4) is 0 Å². The summed E-state index contributed by atoms with van der Waals surface area (Å²) >= 11 is 0. The van der Waals surface area contributed by atoms with Crippen LogP contribution in [0.15, 0.2) is 18.2 Å². The van der Waals surface area contributed by atoms with Crippen molar-refractivity contribution in [2.75, 3.05) is 11.4 Å². The maximum absolute atomic E-state index is 12.9. The maximum atomic E-state index is 12.9. The fourth-order valence-corrected chi connectivity index (χ4v) is 5.10. The van der Waals surface area contributed by atoms with Gasteiger partial charge in [-0.25, -0.2) is 4.79 Å². The molecule has 0 aliphatic carbocycles. The third-order valence-electron chi connectivity index (χ3n) is 5.98. The summed E-state index contributed by atoms with van der Waals surface area (Å²) in [5.74, 6) is -0.901. The first-order valence-corrected chi connectivity index (χ1v) is 8.95. The zero-order valence-corrected chi connectivity index (χ0v) is 15.0. The summed E-state index contributed by atoms with van der Waals surface area (Å²) in [6, 6.07) is 3.32. The molecule has 0 saturated carbocycles. The molecule has 4 amide bonds. The van der Waals surface area contributed by atoms with Gasteiger partial charge in [0.1, 0.15) is 0 Å². The number of barbiturate groups is 1. The Morgan fingerprint density at radius 3 is 2.48 bits per heavy atom. The van der Waals surface area contributed by atoms with Gasteiger partial charge in [0.05, 0.1) is 11.0 Å². The average molecular weight is 372 g/mol. The fourth-order valence-electron chi connectivity index (χ4n) is 5.10. The number of hydrogen-bond donors (Lipinski definition) is 2. The zero-order valence-electron chi connectivity index (χ0n) is 15.0. The third kappa shape index (κ3) is 2.41. The Morgan fingerprint density at radius 1 is 1.19 bits per heavy atom. The number of imide groups is 2. The average Bonchev–Trinajstić information content (AvgIpc) is 2.58. The molecule has 0 aromatic heterocycles. The Balaban J connectivity index is 1.92. The van der Waals surface area contributed by atoms with Gasteiger partial charge in [-0.05, 0) is 29.9 Å². The summed E-state index contributed by atoms with van der Waals surface area (Å²) in [4.78, 5) is 50.3. The molecule has 142 valence electrons. The van der Waals surface area contributed by atoms with Gasteiger partial charge in [0.15, 0.2) is 5.41 Å². The molecule has 9 nitrogen and oxygen atoms in total. The van der Waals surface area contributed by atoms with Crippen LogP contribution in [-0.4, -0.2) is 35.4 Å². The van der Waals surface area contributed by atoms with Crippen LogP contribution in [0.1, 0.15) is 25.8 Å². The number of non-ortho nitro benzene ring substituents is 1. The van der Waals surface area contributed by atoms with Gasteiger partial charge >= 0.3 is 6.03 Å². The van der Waals surface area contributed by atoms with E-state index in [1.807, 2.05) is 11.8 Å². The van der Waals surface area contributed by atoms with Crippen molar-refractivity contribution in [3.8, 4) is 0 Å². The third-order valence-corrected chi connectivity index (χ3v) is 5.98. The van der Waals surface area contributed by atoms with Crippen LogP contribution in [0.2, 0.25) is 0 Å². The van der Waals surface area contributed by atoms with Crippen molar-refractivity contribution in [2.45, 2.75) is 32.7 Å². The Kier molecular flexibility index (Phi) is 3.72. The van der Waals surface area contributed by atoms with Gasteiger partial charge in [0.2, 0.25) is 11.8 Å². The lowest BCUT2D eigenvalue weighted by molar-refractivity contribution is -0.384. The minimum atomic E-state index is -1.49. The van der Waals surface area contributed by atoms with E-state index in [4.69, 9.17) is 0 Å². The lowest BCUT2D eigenvalue weighted by Crippen LogP contribution is -2.73. The lowest BCUT2D eigenvalue weighted by atomic mass is 9.62. The molecular weight excluding hydrogens is 352 g/mol. The van der Waals surface area contributed by atoms with E-state index in [-0.39, 0.29) is 18.0 Å². The van der Waals surface area contributed by atoms with Gasteiger partial charge in [0, 0.05) is 30.8 Å². The van der Waals surface area contributed by atoms with Gasteiger partial charge < -0.3 is 4.90 Å². The molecule has 3 aliphatic heterocycles. The predicted octanol–water partition coefficient (Wildman–Crippen LogP) is 1.35. The van der Waals surface area contributed by atoms with Crippen LogP contribution in [-0.2, 0) is 16.0 Å². The number of hydrogen-bond acceptors (Lipinski definition) is 6. The fraction of sp³-hybridized carbons (Fsp3) is 0.500. The Morgan fingerprint density at radius 2 is 1.85 bits per heavy atom. The number of anilines is 1. The van der Waals surface area contributed by atoms with Crippen molar-refractivity contribution in [1.82, 2.24) is 10.6 Å². The monoisotopic (exact) mass is 372 g/mol. The number of nitrogens with one attached hydrogen (secondary N) is 2. The molecule has 0 unspecified atom stereocenters. The zero-order chi connectivity index (χ0) is 19.5. The van der Waals surface area contributed by atoms with Crippen molar-refractivity contribution in [1.29, 1.82) is 0 Å². The Bertz CT molecular complexity index is 863.